The first-order valence-electron chi connectivity index (χ1n) is 4.46. The van der Waals surface area contributed by atoms with Crippen molar-refractivity contribution < 1.29 is 13.9 Å². The van der Waals surface area contributed by atoms with E-state index in [-0.39, 0.29) is 5.82 Å². The van der Waals surface area contributed by atoms with Gasteiger partial charge < -0.3 is 9.53 Å². The molecule has 1 aromatic rings. The van der Waals surface area contributed by atoms with Crippen molar-refractivity contribution in [2.24, 2.45) is 0 Å². The van der Waals surface area contributed by atoms with Crippen molar-refractivity contribution in [2.75, 3.05) is 7.11 Å². The molecular weight excluding hydrogens is 183 g/mol. The zero-order valence-corrected chi connectivity index (χ0v) is 8.34. The lowest BCUT2D eigenvalue weighted by atomic mass is 10.0. The third-order valence-electron chi connectivity index (χ3n) is 2.22. The Kier molecular flexibility index (Phi) is 3.63. The van der Waals surface area contributed by atoms with E-state index in [1.54, 1.807) is 13.0 Å². The van der Waals surface area contributed by atoms with Crippen molar-refractivity contribution in [1.29, 1.82) is 0 Å². The molecular formula is C11H13FO2. The number of carbonyl (C=O) groups is 1. The Morgan fingerprint density at radius 3 is 2.79 bits per heavy atom. The SMILES string of the molecule is COc1ccc(F)c(C)c1CCC=O. The number of carbonyl (C=O) groups excluding carboxylic acids is 1. The number of halogens is 1. The van der Waals surface area contributed by atoms with Gasteiger partial charge in [0.25, 0.3) is 0 Å². The molecule has 0 heterocycles. The van der Waals surface area contributed by atoms with Crippen molar-refractivity contribution >= 4 is 6.29 Å². The summed E-state index contributed by atoms with van der Waals surface area (Å²) in [7, 11) is 1.54. The van der Waals surface area contributed by atoms with Gasteiger partial charge in [-0.1, -0.05) is 0 Å². The van der Waals surface area contributed by atoms with E-state index >= 15 is 0 Å². The maximum Gasteiger partial charge on any atom is 0.126 e. The first kappa shape index (κ1) is 10.7. The van der Waals surface area contributed by atoms with E-state index in [1.165, 1.54) is 13.2 Å². The molecule has 76 valence electrons. The molecule has 0 unspecified atom stereocenters. The van der Waals surface area contributed by atoms with Gasteiger partial charge in [-0.15, -0.1) is 0 Å². The molecule has 0 saturated heterocycles. The summed E-state index contributed by atoms with van der Waals surface area (Å²) in [6.45, 7) is 1.69. The molecule has 0 amide bonds. The van der Waals surface area contributed by atoms with Crippen LogP contribution in [0.5, 0.6) is 5.75 Å². The number of hydrogen-bond donors (Lipinski definition) is 0. The Morgan fingerprint density at radius 1 is 1.50 bits per heavy atom. The molecule has 0 radical (unpaired) electrons. The summed E-state index contributed by atoms with van der Waals surface area (Å²) in [5, 5.41) is 0. The van der Waals surface area contributed by atoms with E-state index in [0.717, 1.165) is 11.8 Å². The van der Waals surface area contributed by atoms with E-state index in [2.05, 4.69) is 0 Å². The summed E-state index contributed by atoms with van der Waals surface area (Å²) in [5.74, 6) is 0.387. The van der Waals surface area contributed by atoms with Gasteiger partial charge in [0.1, 0.15) is 17.9 Å². The number of rotatable bonds is 4. The second kappa shape index (κ2) is 4.74. The smallest absolute Gasteiger partial charge is 0.126 e. The predicted molar refractivity (Wildman–Crippen MR) is 52.1 cm³/mol. The second-order valence-electron chi connectivity index (χ2n) is 3.06. The molecule has 0 aliphatic rings. The van der Waals surface area contributed by atoms with Crippen molar-refractivity contribution in [3.63, 3.8) is 0 Å². The molecule has 0 fully saturated rings. The first-order chi connectivity index (χ1) is 6.70. The van der Waals surface area contributed by atoms with Gasteiger partial charge >= 0.3 is 0 Å². The molecule has 1 aromatic carbocycles. The van der Waals surface area contributed by atoms with E-state index in [4.69, 9.17) is 4.74 Å². The van der Waals surface area contributed by atoms with Gasteiger partial charge in [-0.2, -0.15) is 0 Å². The zero-order chi connectivity index (χ0) is 10.6. The number of benzene rings is 1. The van der Waals surface area contributed by atoms with Crippen LogP contribution in [0.25, 0.3) is 0 Å². The van der Waals surface area contributed by atoms with Gasteiger partial charge in [-0.05, 0) is 31.0 Å². The number of aldehydes is 1. The standard InChI is InChI=1S/C11H13FO2/c1-8-9(4-3-7-13)11(14-2)6-5-10(8)12/h5-7H,3-4H2,1-2H3. The van der Waals surface area contributed by atoms with Gasteiger partial charge in [-0.3, -0.25) is 0 Å². The van der Waals surface area contributed by atoms with Crippen LogP contribution in [0.1, 0.15) is 17.5 Å². The van der Waals surface area contributed by atoms with Crippen LogP contribution < -0.4 is 4.74 Å². The molecule has 0 atom stereocenters. The lowest BCUT2D eigenvalue weighted by Crippen LogP contribution is -1.98. The van der Waals surface area contributed by atoms with Crippen molar-refractivity contribution in [3.05, 3.63) is 29.1 Å². The maximum atomic E-state index is 13.2. The first-order valence-corrected chi connectivity index (χ1v) is 4.46. The molecule has 14 heavy (non-hydrogen) atoms. The highest BCUT2D eigenvalue weighted by atomic mass is 19.1. The summed E-state index contributed by atoms with van der Waals surface area (Å²) in [5.41, 5.74) is 1.34. The normalized spacial score (nSPS) is 9.93. The molecule has 0 aliphatic heterocycles. The van der Waals surface area contributed by atoms with Crippen LogP contribution >= 0.6 is 0 Å². The van der Waals surface area contributed by atoms with E-state index in [1.807, 2.05) is 0 Å². The molecule has 0 aromatic heterocycles. The second-order valence-corrected chi connectivity index (χ2v) is 3.06. The molecule has 0 N–H and O–H groups in total. The number of ether oxygens (including phenoxy) is 1. The summed E-state index contributed by atoms with van der Waals surface area (Å²) >= 11 is 0. The van der Waals surface area contributed by atoms with Gasteiger partial charge in [-0.25, -0.2) is 4.39 Å². The fraction of sp³-hybridized carbons (Fsp3) is 0.364. The lowest BCUT2D eigenvalue weighted by molar-refractivity contribution is -0.107. The summed E-state index contributed by atoms with van der Waals surface area (Å²) in [6.07, 6.45) is 1.74. The van der Waals surface area contributed by atoms with Crippen LogP contribution in [0.3, 0.4) is 0 Å². The van der Waals surface area contributed by atoms with Crippen LogP contribution in [0.15, 0.2) is 12.1 Å². The predicted octanol–water partition coefficient (Wildman–Crippen LogP) is 2.27. The van der Waals surface area contributed by atoms with Crippen LogP contribution in [0.2, 0.25) is 0 Å². The van der Waals surface area contributed by atoms with Crippen LogP contribution in [-0.2, 0) is 11.2 Å². The highest BCUT2D eigenvalue weighted by molar-refractivity contribution is 5.51. The monoisotopic (exact) mass is 196 g/mol. The van der Waals surface area contributed by atoms with E-state index in [9.17, 15) is 9.18 Å². The molecule has 0 bridgehead atoms. The molecule has 0 saturated carbocycles. The molecule has 2 nitrogen and oxygen atoms in total. The van der Waals surface area contributed by atoms with E-state index < -0.39 is 0 Å². The number of hydrogen-bond acceptors (Lipinski definition) is 2. The minimum atomic E-state index is -0.258. The zero-order valence-electron chi connectivity index (χ0n) is 8.34. The minimum Gasteiger partial charge on any atom is -0.496 e. The Morgan fingerprint density at radius 2 is 2.21 bits per heavy atom. The molecule has 3 heteroatoms. The lowest BCUT2D eigenvalue weighted by Gasteiger charge is -2.10. The average molecular weight is 196 g/mol. The Bertz CT molecular complexity index is 334. The van der Waals surface area contributed by atoms with Gasteiger partial charge in [0.05, 0.1) is 7.11 Å². The maximum absolute atomic E-state index is 13.2. The fourth-order valence-electron chi connectivity index (χ4n) is 1.41. The van der Waals surface area contributed by atoms with Crippen LogP contribution in [0.4, 0.5) is 4.39 Å². The van der Waals surface area contributed by atoms with Crippen molar-refractivity contribution in [3.8, 4) is 5.75 Å². The van der Waals surface area contributed by atoms with Gasteiger partial charge in [0, 0.05) is 12.0 Å². The molecule has 1 rings (SSSR count). The minimum absolute atomic E-state index is 0.258. The fourth-order valence-corrected chi connectivity index (χ4v) is 1.41. The third-order valence-corrected chi connectivity index (χ3v) is 2.22. The average Bonchev–Trinajstić information content (AvgIpc) is 2.20. The quantitative estimate of drug-likeness (QED) is 0.690. The highest BCUT2D eigenvalue weighted by Gasteiger charge is 2.09. The van der Waals surface area contributed by atoms with E-state index in [0.29, 0.717) is 24.2 Å². The Balaban J connectivity index is 3.07. The Labute approximate surface area is 82.7 Å². The van der Waals surface area contributed by atoms with Crippen molar-refractivity contribution in [1.82, 2.24) is 0 Å². The molecule has 0 aliphatic carbocycles. The third kappa shape index (κ3) is 2.10. The topological polar surface area (TPSA) is 26.3 Å². The Hall–Kier alpha value is -1.38. The van der Waals surface area contributed by atoms with Gasteiger partial charge in [0.2, 0.25) is 0 Å². The summed E-state index contributed by atoms with van der Waals surface area (Å²) in [6, 6.07) is 2.96. The van der Waals surface area contributed by atoms with Gasteiger partial charge in [0.15, 0.2) is 0 Å². The highest BCUT2D eigenvalue weighted by Crippen LogP contribution is 2.25. The summed E-state index contributed by atoms with van der Waals surface area (Å²) < 4.78 is 18.3. The van der Waals surface area contributed by atoms with Crippen molar-refractivity contribution in [2.45, 2.75) is 19.8 Å². The number of methoxy groups -OCH3 is 1. The van der Waals surface area contributed by atoms with Crippen LogP contribution in [0, 0.1) is 12.7 Å². The van der Waals surface area contributed by atoms with Crippen LogP contribution in [-0.4, -0.2) is 13.4 Å². The summed E-state index contributed by atoms with van der Waals surface area (Å²) in [4.78, 5) is 10.2. The largest absolute Gasteiger partial charge is 0.496 e. The molecule has 0 spiro atoms.